The van der Waals surface area contributed by atoms with Gasteiger partial charge in [-0.3, -0.25) is 9.00 Å². The molecule has 0 saturated carbocycles. The molecule has 0 aliphatic rings. The highest BCUT2D eigenvalue weighted by atomic mass is 32.2. The summed E-state index contributed by atoms with van der Waals surface area (Å²) in [5.41, 5.74) is 10.4. The van der Waals surface area contributed by atoms with Gasteiger partial charge in [-0.05, 0) is 12.1 Å². The fraction of sp³-hybridized carbons (Fsp3) is 0.222. The van der Waals surface area contributed by atoms with Crippen LogP contribution in [-0.2, 0) is 15.6 Å². The van der Waals surface area contributed by atoms with E-state index in [4.69, 9.17) is 11.5 Å². The maximum atomic E-state index is 11.6. The molecule has 2 atom stereocenters. The predicted octanol–water partition coefficient (Wildman–Crippen LogP) is -0.393. The quantitative estimate of drug-likeness (QED) is 0.712. The van der Waals surface area contributed by atoms with E-state index in [0.29, 0.717) is 4.90 Å². The Balaban J connectivity index is 2.64. The number of amides is 1. The van der Waals surface area contributed by atoms with Crippen molar-refractivity contribution in [3.63, 3.8) is 0 Å². The van der Waals surface area contributed by atoms with Gasteiger partial charge in [0.15, 0.2) is 0 Å². The maximum Gasteiger partial charge on any atom is 0.235 e. The van der Waals surface area contributed by atoms with E-state index in [9.17, 15) is 9.00 Å². The second-order valence-corrected chi connectivity index (χ2v) is 4.33. The number of rotatable bonds is 4. The zero-order valence-electron chi connectivity index (χ0n) is 7.55. The monoisotopic (exact) mass is 212 g/mol. The molecule has 0 spiro atoms. The van der Waals surface area contributed by atoms with Crippen molar-refractivity contribution in [2.24, 2.45) is 11.5 Å². The molecular weight excluding hydrogens is 200 g/mol. The molecular formula is C9H12N2O2S. The number of primary amides is 1. The van der Waals surface area contributed by atoms with Gasteiger partial charge in [-0.25, -0.2) is 0 Å². The Labute approximate surface area is 84.7 Å². The van der Waals surface area contributed by atoms with Gasteiger partial charge in [0.25, 0.3) is 0 Å². The summed E-state index contributed by atoms with van der Waals surface area (Å²) in [5, 5.41) is 0. The molecule has 0 fully saturated rings. The summed E-state index contributed by atoms with van der Waals surface area (Å²) in [5.74, 6) is -0.561. The summed E-state index contributed by atoms with van der Waals surface area (Å²) < 4.78 is 11.6. The second-order valence-electron chi connectivity index (χ2n) is 2.83. The summed E-state index contributed by atoms with van der Waals surface area (Å²) in [7, 11) is -1.26. The first kappa shape index (κ1) is 10.9. The number of carbonyl (C=O) groups is 1. The van der Waals surface area contributed by atoms with E-state index < -0.39 is 22.7 Å². The third-order valence-corrected chi connectivity index (χ3v) is 3.16. The fourth-order valence-electron chi connectivity index (χ4n) is 0.914. The summed E-state index contributed by atoms with van der Waals surface area (Å²) in [4.78, 5) is 11.3. The van der Waals surface area contributed by atoms with Crippen molar-refractivity contribution in [3.05, 3.63) is 30.3 Å². The highest BCUT2D eigenvalue weighted by Gasteiger charge is 2.14. The third kappa shape index (κ3) is 2.93. The molecule has 1 rings (SSSR count). The zero-order valence-corrected chi connectivity index (χ0v) is 8.37. The molecule has 4 nitrogen and oxygen atoms in total. The van der Waals surface area contributed by atoms with Crippen molar-refractivity contribution in [1.29, 1.82) is 0 Å². The Morgan fingerprint density at radius 3 is 2.43 bits per heavy atom. The molecule has 1 aromatic rings. The van der Waals surface area contributed by atoms with Gasteiger partial charge in [0.2, 0.25) is 5.91 Å². The van der Waals surface area contributed by atoms with Crippen LogP contribution in [0.1, 0.15) is 0 Å². The van der Waals surface area contributed by atoms with E-state index in [1.54, 1.807) is 24.3 Å². The van der Waals surface area contributed by atoms with Crippen LogP contribution in [0.25, 0.3) is 0 Å². The van der Waals surface area contributed by atoms with Gasteiger partial charge in [0, 0.05) is 4.90 Å². The van der Waals surface area contributed by atoms with Crippen LogP contribution >= 0.6 is 0 Å². The third-order valence-electron chi connectivity index (χ3n) is 1.70. The molecule has 0 aromatic heterocycles. The van der Waals surface area contributed by atoms with Gasteiger partial charge in [0.05, 0.1) is 22.6 Å². The normalized spacial score (nSPS) is 14.6. The largest absolute Gasteiger partial charge is 0.368 e. The Morgan fingerprint density at radius 2 is 1.93 bits per heavy atom. The maximum absolute atomic E-state index is 11.6. The molecule has 0 saturated heterocycles. The Kier molecular flexibility index (Phi) is 3.79. The lowest BCUT2D eigenvalue weighted by atomic mass is 10.3. The Morgan fingerprint density at radius 1 is 1.36 bits per heavy atom. The minimum absolute atomic E-state index is 0.0688. The van der Waals surface area contributed by atoms with Crippen molar-refractivity contribution < 1.29 is 9.00 Å². The molecule has 1 aromatic carbocycles. The Hall–Kier alpha value is -1.20. The fourth-order valence-corrected chi connectivity index (χ4v) is 2.06. The highest BCUT2D eigenvalue weighted by molar-refractivity contribution is 7.85. The van der Waals surface area contributed by atoms with Gasteiger partial charge >= 0.3 is 0 Å². The zero-order chi connectivity index (χ0) is 10.6. The molecule has 0 aliphatic heterocycles. The van der Waals surface area contributed by atoms with Crippen LogP contribution in [0.4, 0.5) is 0 Å². The van der Waals surface area contributed by atoms with Crippen LogP contribution in [0.5, 0.6) is 0 Å². The van der Waals surface area contributed by atoms with E-state index in [0.717, 1.165) is 0 Å². The molecule has 0 bridgehead atoms. The Bertz CT molecular complexity index is 340. The van der Waals surface area contributed by atoms with E-state index in [-0.39, 0.29) is 5.75 Å². The van der Waals surface area contributed by atoms with Gasteiger partial charge in [-0.2, -0.15) is 0 Å². The first-order valence-electron chi connectivity index (χ1n) is 4.09. The van der Waals surface area contributed by atoms with Crippen molar-refractivity contribution in [2.45, 2.75) is 10.9 Å². The molecule has 0 heterocycles. The lowest BCUT2D eigenvalue weighted by molar-refractivity contribution is -0.118. The summed E-state index contributed by atoms with van der Waals surface area (Å²) in [6.07, 6.45) is 0. The number of nitrogens with two attached hydrogens (primary N) is 2. The van der Waals surface area contributed by atoms with E-state index in [2.05, 4.69) is 0 Å². The average Bonchev–Trinajstić information content (AvgIpc) is 2.19. The topological polar surface area (TPSA) is 86.2 Å². The molecule has 76 valence electrons. The number of benzene rings is 1. The van der Waals surface area contributed by atoms with Crippen molar-refractivity contribution in [1.82, 2.24) is 0 Å². The summed E-state index contributed by atoms with van der Waals surface area (Å²) in [6.45, 7) is 0. The van der Waals surface area contributed by atoms with E-state index in [1.165, 1.54) is 0 Å². The minimum atomic E-state index is -1.26. The lowest BCUT2D eigenvalue weighted by Gasteiger charge is -2.06. The number of hydrogen-bond acceptors (Lipinski definition) is 3. The van der Waals surface area contributed by atoms with Gasteiger partial charge in [-0.15, -0.1) is 0 Å². The van der Waals surface area contributed by atoms with Crippen molar-refractivity contribution in [3.8, 4) is 0 Å². The van der Waals surface area contributed by atoms with E-state index >= 15 is 0 Å². The van der Waals surface area contributed by atoms with Crippen LogP contribution in [0.2, 0.25) is 0 Å². The lowest BCUT2D eigenvalue weighted by Crippen LogP contribution is -2.40. The molecule has 0 radical (unpaired) electrons. The molecule has 2 unspecified atom stereocenters. The molecule has 0 aliphatic carbocycles. The summed E-state index contributed by atoms with van der Waals surface area (Å²) >= 11 is 0. The van der Waals surface area contributed by atoms with Gasteiger partial charge in [-0.1, -0.05) is 18.2 Å². The minimum Gasteiger partial charge on any atom is -0.368 e. The predicted molar refractivity (Wildman–Crippen MR) is 54.9 cm³/mol. The highest BCUT2D eigenvalue weighted by Crippen LogP contribution is 2.05. The average molecular weight is 212 g/mol. The number of hydrogen-bond donors (Lipinski definition) is 2. The SMILES string of the molecule is NC(=O)C(N)CS(=O)c1ccccc1. The van der Waals surface area contributed by atoms with Crippen LogP contribution in [0.3, 0.4) is 0 Å². The van der Waals surface area contributed by atoms with Gasteiger partial charge in [0.1, 0.15) is 0 Å². The van der Waals surface area contributed by atoms with Gasteiger partial charge < -0.3 is 11.5 Å². The summed E-state index contributed by atoms with van der Waals surface area (Å²) in [6, 6.07) is 7.99. The van der Waals surface area contributed by atoms with Crippen LogP contribution < -0.4 is 11.5 Å². The standard InChI is InChI=1S/C9H12N2O2S/c10-8(9(11)12)6-14(13)7-4-2-1-3-5-7/h1-5,8H,6,10H2,(H2,11,12). The smallest absolute Gasteiger partial charge is 0.235 e. The van der Waals surface area contributed by atoms with Crippen LogP contribution in [0.15, 0.2) is 35.2 Å². The molecule has 14 heavy (non-hydrogen) atoms. The molecule has 4 N–H and O–H groups in total. The molecule has 1 amide bonds. The van der Waals surface area contributed by atoms with Crippen LogP contribution in [-0.4, -0.2) is 21.9 Å². The molecule has 5 heteroatoms. The first-order chi connectivity index (χ1) is 6.61. The van der Waals surface area contributed by atoms with Crippen LogP contribution in [0, 0.1) is 0 Å². The first-order valence-corrected chi connectivity index (χ1v) is 5.41. The van der Waals surface area contributed by atoms with Crippen molar-refractivity contribution in [2.75, 3.05) is 5.75 Å². The van der Waals surface area contributed by atoms with Crippen molar-refractivity contribution >= 4 is 16.7 Å². The van der Waals surface area contributed by atoms with E-state index in [1.807, 2.05) is 6.07 Å². The second kappa shape index (κ2) is 4.88. The number of carbonyl (C=O) groups excluding carboxylic acids is 1.